The predicted molar refractivity (Wildman–Crippen MR) is 130 cm³/mol. The summed E-state index contributed by atoms with van der Waals surface area (Å²) >= 11 is 1.48. The number of hydrogen-bond donors (Lipinski definition) is 1. The van der Waals surface area contributed by atoms with Crippen LogP contribution in [0.25, 0.3) is 0 Å². The van der Waals surface area contributed by atoms with E-state index < -0.39 is 6.04 Å². The smallest absolute Gasteiger partial charge is 0.333 e. The minimum atomic E-state index is -0.705. The van der Waals surface area contributed by atoms with Gasteiger partial charge < -0.3 is 26.9 Å². The number of benzene rings is 2. The Balaban J connectivity index is 0.00000289. The lowest BCUT2D eigenvalue weighted by atomic mass is 9.83. The van der Waals surface area contributed by atoms with Crippen molar-refractivity contribution in [3.63, 3.8) is 0 Å². The predicted octanol–water partition coefficient (Wildman–Crippen LogP) is 2.08. The summed E-state index contributed by atoms with van der Waals surface area (Å²) < 4.78 is 20.2. The monoisotopic (exact) mass is 514 g/mol. The molecule has 3 aromatic rings. The minimum Gasteiger partial charge on any atom is -1.00 e. The number of nitrogens with one attached hydrogen (secondary N) is 1. The molecule has 0 amide bonds. The minimum absolute atomic E-state index is 0. The molecule has 1 unspecified atom stereocenters. The topological polar surface area (TPSA) is 55.4 Å². The number of halogens is 2. The van der Waals surface area contributed by atoms with Crippen LogP contribution in [-0.4, -0.2) is 48.5 Å². The van der Waals surface area contributed by atoms with Crippen molar-refractivity contribution in [1.82, 2.24) is 0 Å². The van der Waals surface area contributed by atoms with Crippen molar-refractivity contribution in [3.05, 3.63) is 88.4 Å². The third kappa shape index (κ3) is 5.74. The maximum Gasteiger partial charge on any atom is 0.333 e. The summed E-state index contributed by atoms with van der Waals surface area (Å²) in [6.45, 7) is 3.03. The van der Waals surface area contributed by atoms with Gasteiger partial charge in [0.2, 0.25) is 5.78 Å². The Morgan fingerprint density at radius 1 is 1.03 bits per heavy atom. The Kier molecular flexibility index (Phi) is 7.89. The van der Waals surface area contributed by atoms with Crippen molar-refractivity contribution in [3.8, 4) is 0 Å². The van der Waals surface area contributed by atoms with Crippen LogP contribution < -0.4 is 17.7 Å². The first-order chi connectivity index (χ1) is 16.5. The molecule has 184 valence electrons. The molecule has 1 N–H and O–H groups in total. The van der Waals surface area contributed by atoms with Crippen LogP contribution in [-0.2, 0) is 9.53 Å². The van der Waals surface area contributed by atoms with E-state index >= 15 is 0 Å². The number of hydrogen-bond acceptors (Lipinski definition) is 5. The molecular weight excluding hydrogens is 487 g/mol. The standard InChI is InChI=1S/C27H28FN2O3S.ClH/c28-21-8-10-22(11-9-21)29-26(20-5-2-1-3-6-20)27(32)33-24-18-30(14-12-19(24)13-15-30)17-23(31)25-7-4-16-34-25;/h1-11,16,19,24,26,29H,12-15,17-18H2;1H/q+1;/p-1/t19?,24-,26?,30?;/m0./s1. The first-order valence-corrected chi connectivity index (χ1v) is 12.6. The molecule has 5 nitrogen and oxygen atoms in total. The van der Waals surface area contributed by atoms with Gasteiger partial charge in [0.1, 0.15) is 18.9 Å². The molecular formula is C27H28ClFN2O3S. The number of esters is 1. The summed E-state index contributed by atoms with van der Waals surface area (Å²) in [5.41, 5.74) is 1.43. The average Bonchev–Trinajstić information content (AvgIpc) is 3.40. The van der Waals surface area contributed by atoms with E-state index in [9.17, 15) is 14.0 Å². The Morgan fingerprint density at radius 3 is 2.40 bits per heavy atom. The number of piperidine rings is 3. The van der Waals surface area contributed by atoms with E-state index in [1.165, 1.54) is 23.5 Å². The fourth-order valence-electron chi connectivity index (χ4n) is 5.25. The quantitative estimate of drug-likeness (QED) is 0.284. The van der Waals surface area contributed by atoms with Crippen LogP contribution in [0.2, 0.25) is 0 Å². The van der Waals surface area contributed by atoms with Gasteiger partial charge in [0.25, 0.3) is 0 Å². The van der Waals surface area contributed by atoms with Crippen LogP contribution in [0.3, 0.4) is 0 Å². The number of carbonyl (C=O) groups excluding carboxylic acids is 2. The second-order valence-electron chi connectivity index (χ2n) is 9.34. The van der Waals surface area contributed by atoms with E-state index in [4.69, 9.17) is 4.74 Å². The number of thiophene rings is 1. The zero-order valence-electron chi connectivity index (χ0n) is 19.2. The van der Waals surface area contributed by atoms with E-state index in [0.29, 0.717) is 29.2 Å². The summed E-state index contributed by atoms with van der Waals surface area (Å²) in [7, 11) is 0. The molecule has 0 spiro atoms. The van der Waals surface area contributed by atoms with Gasteiger partial charge in [-0.25, -0.2) is 9.18 Å². The third-order valence-corrected chi connectivity index (χ3v) is 8.02. The molecule has 0 saturated carbocycles. The zero-order valence-corrected chi connectivity index (χ0v) is 20.8. The van der Waals surface area contributed by atoms with Crippen LogP contribution >= 0.6 is 11.3 Å². The summed E-state index contributed by atoms with van der Waals surface area (Å²) in [6, 6.07) is 18.5. The number of carbonyl (C=O) groups is 2. The van der Waals surface area contributed by atoms with Crippen LogP contribution in [0.4, 0.5) is 10.1 Å². The molecule has 2 atom stereocenters. The van der Waals surface area contributed by atoms with E-state index in [-0.39, 0.29) is 36.1 Å². The van der Waals surface area contributed by atoms with Crippen molar-refractivity contribution in [2.75, 3.05) is 31.5 Å². The summed E-state index contributed by atoms with van der Waals surface area (Å²) in [5.74, 6) is -0.191. The van der Waals surface area contributed by atoms with Crippen LogP contribution in [0.1, 0.15) is 34.1 Å². The molecule has 4 heterocycles. The summed E-state index contributed by atoms with van der Waals surface area (Å²) in [4.78, 5) is 27.1. The Hall–Kier alpha value is -2.74. The van der Waals surface area contributed by atoms with Crippen molar-refractivity contribution >= 4 is 28.8 Å². The second kappa shape index (κ2) is 10.9. The molecule has 2 aromatic carbocycles. The van der Waals surface area contributed by atoms with Gasteiger partial charge >= 0.3 is 5.97 Å². The highest BCUT2D eigenvalue weighted by molar-refractivity contribution is 7.12. The largest absolute Gasteiger partial charge is 1.00 e. The van der Waals surface area contributed by atoms with Gasteiger partial charge in [0.05, 0.1) is 18.0 Å². The normalized spacial score (nSPS) is 23.7. The Bertz CT molecular complexity index is 1130. The summed E-state index contributed by atoms with van der Waals surface area (Å²) in [5, 5.41) is 5.15. The molecule has 6 rings (SSSR count). The number of rotatable bonds is 8. The first kappa shape index (κ1) is 25.4. The van der Waals surface area contributed by atoms with Gasteiger partial charge in [0, 0.05) is 24.4 Å². The highest BCUT2D eigenvalue weighted by atomic mass is 35.5. The average molecular weight is 515 g/mol. The number of ether oxygens (including phenoxy) is 1. The van der Waals surface area contributed by atoms with Gasteiger partial charge in [-0.1, -0.05) is 36.4 Å². The maximum atomic E-state index is 13.4. The number of anilines is 1. The van der Waals surface area contributed by atoms with Crippen molar-refractivity contribution in [2.24, 2.45) is 5.92 Å². The van der Waals surface area contributed by atoms with Crippen LogP contribution in [0.5, 0.6) is 0 Å². The number of Topliss-reactive ketones (excluding diaryl/α,β-unsaturated/α-hetero) is 1. The highest BCUT2D eigenvalue weighted by Crippen LogP contribution is 2.37. The molecule has 0 aliphatic carbocycles. The Labute approximate surface area is 214 Å². The molecule has 3 aliphatic rings. The first-order valence-electron chi connectivity index (χ1n) is 11.7. The van der Waals surface area contributed by atoms with Crippen LogP contribution in [0.15, 0.2) is 72.1 Å². The third-order valence-electron chi connectivity index (χ3n) is 7.11. The lowest BCUT2D eigenvalue weighted by Crippen LogP contribution is -3.00. The number of ketones is 1. The molecule has 2 bridgehead atoms. The number of fused-ring (bicyclic) bond motifs is 3. The molecule has 0 radical (unpaired) electrons. The molecule has 1 aromatic heterocycles. The molecule has 8 heteroatoms. The number of nitrogens with zero attached hydrogens (tertiary/aromatic N) is 1. The van der Waals surface area contributed by atoms with E-state index in [0.717, 1.165) is 36.4 Å². The second-order valence-corrected chi connectivity index (χ2v) is 10.3. The van der Waals surface area contributed by atoms with E-state index in [2.05, 4.69) is 5.32 Å². The van der Waals surface area contributed by atoms with Gasteiger partial charge in [-0.15, -0.1) is 11.3 Å². The van der Waals surface area contributed by atoms with Crippen molar-refractivity contribution < 1.29 is 35.6 Å². The molecule has 3 aliphatic heterocycles. The van der Waals surface area contributed by atoms with Crippen molar-refractivity contribution in [2.45, 2.75) is 25.0 Å². The molecule has 3 fully saturated rings. The van der Waals surface area contributed by atoms with Crippen molar-refractivity contribution in [1.29, 1.82) is 0 Å². The van der Waals surface area contributed by atoms with Gasteiger partial charge in [-0.05, 0) is 41.3 Å². The molecule has 35 heavy (non-hydrogen) atoms. The van der Waals surface area contributed by atoms with E-state index in [1.807, 2.05) is 47.8 Å². The van der Waals surface area contributed by atoms with Gasteiger partial charge in [-0.3, -0.25) is 4.79 Å². The molecule has 3 saturated heterocycles. The highest BCUT2D eigenvalue weighted by Gasteiger charge is 2.49. The fraction of sp³-hybridized carbons (Fsp3) is 0.333. The lowest BCUT2D eigenvalue weighted by Gasteiger charge is -2.51. The van der Waals surface area contributed by atoms with E-state index in [1.54, 1.807) is 12.1 Å². The van der Waals surface area contributed by atoms with Gasteiger partial charge in [0.15, 0.2) is 12.1 Å². The van der Waals surface area contributed by atoms with Gasteiger partial charge in [-0.2, -0.15) is 0 Å². The zero-order chi connectivity index (χ0) is 23.5. The Morgan fingerprint density at radius 2 is 1.74 bits per heavy atom. The summed E-state index contributed by atoms with van der Waals surface area (Å²) in [6.07, 6.45) is 1.70. The number of quaternary nitrogens is 1. The fourth-order valence-corrected chi connectivity index (χ4v) is 5.91. The lowest BCUT2D eigenvalue weighted by molar-refractivity contribution is -0.938. The van der Waals surface area contributed by atoms with Crippen LogP contribution in [0, 0.1) is 11.7 Å². The maximum absolute atomic E-state index is 13.4. The SMILES string of the molecule is O=C(C[N+]12CCC(CC1)[C@@H](OC(=O)C(Nc1ccc(F)cc1)c1ccccc1)C2)c1cccs1.[Cl-].